The molecule has 1 heterocycles. The third kappa shape index (κ3) is 3.40. The first kappa shape index (κ1) is 15.5. The lowest BCUT2D eigenvalue weighted by atomic mass is 10.2. The van der Waals surface area contributed by atoms with Crippen molar-refractivity contribution in [3.05, 3.63) is 47.8 Å². The van der Waals surface area contributed by atoms with E-state index in [-0.39, 0.29) is 0 Å². The molecule has 2 atom stereocenters. The maximum absolute atomic E-state index is 10.4. The molecule has 1 aromatic heterocycles. The average molecular weight is 286 g/mol. The molecule has 0 aliphatic carbocycles. The molecule has 0 fully saturated rings. The van der Waals surface area contributed by atoms with E-state index in [0.717, 1.165) is 22.3 Å². The fourth-order valence-electron chi connectivity index (χ4n) is 2.38. The predicted molar refractivity (Wildman–Crippen MR) is 86.6 cm³/mol. The zero-order chi connectivity index (χ0) is 15.6. The number of benzene rings is 1. The molecule has 4 heteroatoms. The summed E-state index contributed by atoms with van der Waals surface area (Å²) in [6.45, 7) is 7.70. The second kappa shape index (κ2) is 6.24. The van der Waals surface area contributed by atoms with Crippen molar-refractivity contribution in [1.82, 2.24) is 4.57 Å². The topological polar surface area (TPSA) is 57.8 Å². The van der Waals surface area contributed by atoms with Crippen LogP contribution in [0.5, 0.6) is 0 Å². The number of rotatable bonds is 4. The zero-order valence-corrected chi connectivity index (χ0v) is 12.9. The van der Waals surface area contributed by atoms with E-state index in [1.807, 2.05) is 45.9 Å². The first-order chi connectivity index (χ1) is 9.90. The first-order valence-electron chi connectivity index (χ1n) is 7.02. The third-order valence-electron chi connectivity index (χ3n) is 3.37. The van der Waals surface area contributed by atoms with Crippen LogP contribution >= 0.6 is 0 Å². The van der Waals surface area contributed by atoms with Gasteiger partial charge in [-0.25, -0.2) is 0 Å². The van der Waals surface area contributed by atoms with E-state index in [2.05, 4.69) is 11.1 Å². The van der Waals surface area contributed by atoms with Gasteiger partial charge in [-0.3, -0.25) is 4.99 Å². The normalized spacial score (nSPS) is 14.6. The number of aromatic nitrogens is 1. The minimum atomic E-state index is -1.03. The highest BCUT2D eigenvalue weighted by Crippen LogP contribution is 2.25. The first-order valence-corrected chi connectivity index (χ1v) is 7.02. The van der Waals surface area contributed by atoms with Gasteiger partial charge >= 0.3 is 0 Å². The minimum Gasteiger partial charge on any atom is -0.384 e. The van der Waals surface area contributed by atoms with Crippen molar-refractivity contribution in [2.45, 2.75) is 40.0 Å². The Morgan fingerprint density at radius 1 is 1.19 bits per heavy atom. The van der Waals surface area contributed by atoms with Crippen LogP contribution < -0.4 is 0 Å². The molecule has 2 N–H and O–H groups in total. The second-order valence-electron chi connectivity index (χ2n) is 5.54. The maximum atomic E-state index is 10.4. The van der Waals surface area contributed by atoms with Gasteiger partial charge in [0.2, 0.25) is 0 Å². The molecular formula is C17H22N2O2. The van der Waals surface area contributed by atoms with Crippen molar-refractivity contribution in [2.24, 2.45) is 4.99 Å². The van der Waals surface area contributed by atoms with Crippen molar-refractivity contribution in [1.29, 1.82) is 0 Å². The van der Waals surface area contributed by atoms with Gasteiger partial charge in [-0.05, 0) is 52.0 Å². The van der Waals surface area contributed by atoms with E-state index in [0.29, 0.717) is 0 Å². The van der Waals surface area contributed by atoms with Crippen LogP contribution in [0.1, 0.15) is 31.3 Å². The quantitative estimate of drug-likeness (QED) is 0.848. The number of nitrogens with zero attached hydrogens (tertiary/aromatic N) is 2. The molecule has 2 unspecified atom stereocenters. The Morgan fingerprint density at radius 3 is 2.57 bits per heavy atom. The van der Waals surface area contributed by atoms with Crippen LogP contribution in [-0.2, 0) is 0 Å². The lowest BCUT2D eigenvalue weighted by Gasteiger charge is -2.19. The Labute approximate surface area is 125 Å². The second-order valence-corrected chi connectivity index (χ2v) is 5.54. The lowest BCUT2D eigenvalue weighted by Crippen LogP contribution is -2.22. The van der Waals surface area contributed by atoms with Crippen molar-refractivity contribution in [2.75, 3.05) is 0 Å². The van der Waals surface area contributed by atoms with Crippen LogP contribution in [0.3, 0.4) is 0 Å². The summed E-state index contributed by atoms with van der Waals surface area (Å²) in [6, 6.07) is 8.04. The number of fused-ring (bicyclic) bond motifs is 1. The standard InChI is InChI=1S/C17H22N2O2/c1-11(2)18-8-7-16(20)17(21)19-13(4)10-14-9-12(3)5-6-15(14)19/h5-10,16-17,20-21H,1-4H3. The summed E-state index contributed by atoms with van der Waals surface area (Å²) in [5, 5.41) is 21.6. The molecule has 0 aliphatic heterocycles. The SMILES string of the molecule is CC(C)=NC=CC(O)C(O)n1c(C)cc2cc(C)ccc21. The molecule has 21 heavy (non-hydrogen) atoms. The van der Waals surface area contributed by atoms with E-state index in [1.54, 1.807) is 4.57 Å². The minimum absolute atomic E-state index is 0.894. The van der Waals surface area contributed by atoms with E-state index in [1.165, 1.54) is 17.8 Å². The van der Waals surface area contributed by atoms with Crippen LogP contribution in [0.25, 0.3) is 10.9 Å². The van der Waals surface area contributed by atoms with Crippen LogP contribution in [0.2, 0.25) is 0 Å². The highest BCUT2D eigenvalue weighted by molar-refractivity contribution is 5.82. The van der Waals surface area contributed by atoms with Crippen LogP contribution in [0, 0.1) is 13.8 Å². The molecular weight excluding hydrogens is 264 g/mol. The molecule has 0 aliphatic rings. The number of hydrogen-bond acceptors (Lipinski definition) is 3. The third-order valence-corrected chi connectivity index (χ3v) is 3.37. The summed E-state index contributed by atoms with van der Waals surface area (Å²) in [5.74, 6) is 0. The number of aliphatic imine (C=N–C) groups is 1. The lowest BCUT2D eigenvalue weighted by molar-refractivity contribution is -0.000533. The highest BCUT2D eigenvalue weighted by atomic mass is 16.3. The molecule has 0 amide bonds. The van der Waals surface area contributed by atoms with Gasteiger partial charge in [0.1, 0.15) is 6.10 Å². The Morgan fingerprint density at radius 2 is 1.90 bits per heavy atom. The Kier molecular flexibility index (Phi) is 4.60. The molecule has 0 spiro atoms. The van der Waals surface area contributed by atoms with Gasteiger partial charge < -0.3 is 14.8 Å². The van der Waals surface area contributed by atoms with E-state index in [9.17, 15) is 10.2 Å². The number of aryl methyl sites for hydroxylation is 2. The smallest absolute Gasteiger partial charge is 0.160 e. The monoisotopic (exact) mass is 286 g/mol. The van der Waals surface area contributed by atoms with E-state index < -0.39 is 12.3 Å². The van der Waals surface area contributed by atoms with Gasteiger partial charge in [-0.2, -0.15) is 0 Å². The molecule has 4 nitrogen and oxygen atoms in total. The van der Waals surface area contributed by atoms with Gasteiger partial charge in [-0.1, -0.05) is 11.6 Å². The van der Waals surface area contributed by atoms with Gasteiger partial charge in [-0.15, -0.1) is 0 Å². The summed E-state index contributed by atoms with van der Waals surface area (Å²) >= 11 is 0. The molecule has 0 bridgehead atoms. The van der Waals surface area contributed by atoms with Crippen molar-refractivity contribution in [3.8, 4) is 0 Å². The molecule has 0 radical (unpaired) electrons. The van der Waals surface area contributed by atoms with Crippen molar-refractivity contribution >= 4 is 16.6 Å². The van der Waals surface area contributed by atoms with Crippen LogP contribution in [0.4, 0.5) is 0 Å². The fourth-order valence-corrected chi connectivity index (χ4v) is 2.38. The van der Waals surface area contributed by atoms with Crippen molar-refractivity contribution in [3.63, 3.8) is 0 Å². The van der Waals surface area contributed by atoms with Gasteiger partial charge in [0.25, 0.3) is 0 Å². The molecule has 2 aromatic rings. The van der Waals surface area contributed by atoms with E-state index in [4.69, 9.17) is 0 Å². The Bertz CT molecular complexity index is 694. The Hall–Kier alpha value is -1.91. The van der Waals surface area contributed by atoms with Gasteiger partial charge in [0, 0.05) is 23.0 Å². The molecule has 2 rings (SSSR count). The maximum Gasteiger partial charge on any atom is 0.160 e. The van der Waals surface area contributed by atoms with Crippen molar-refractivity contribution < 1.29 is 10.2 Å². The summed E-state index contributed by atoms with van der Waals surface area (Å²) in [6.07, 6.45) is 0.975. The zero-order valence-electron chi connectivity index (χ0n) is 12.9. The van der Waals surface area contributed by atoms with Gasteiger partial charge in [0.15, 0.2) is 6.23 Å². The Balaban J connectivity index is 2.34. The largest absolute Gasteiger partial charge is 0.384 e. The van der Waals surface area contributed by atoms with Crippen LogP contribution in [-0.4, -0.2) is 26.6 Å². The molecule has 0 saturated heterocycles. The van der Waals surface area contributed by atoms with Gasteiger partial charge in [0.05, 0.1) is 5.52 Å². The number of aliphatic hydroxyl groups is 2. The number of hydrogen-bond donors (Lipinski definition) is 2. The van der Waals surface area contributed by atoms with Crippen LogP contribution in [0.15, 0.2) is 41.5 Å². The number of aliphatic hydroxyl groups excluding tert-OH is 2. The summed E-state index contributed by atoms with van der Waals surface area (Å²) in [7, 11) is 0. The molecule has 1 aromatic carbocycles. The summed E-state index contributed by atoms with van der Waals surface area (Å²) in [4.78, 5) is 4.08. The highest BCUT2D eigenvalue weighted by Gasteiger charge is 2.19. The predicted octanol–water partition coefficient (Wildman–Crippen LogP) is 3.10. The fraction of sp³-hybridized carbons (Fsp3) is 0.353. The molecule has 0 saturated carbocycles. The average Bonchev–Trinajstić information content (AvgIpc) is 2.72. The van der Waals surface area contributed by atoms with E-state index >= 15 is 0 Å². The molecule has 112 valence electrons. The summed E-state index contributed by atoms with van der Waals surface area (Å²) in [5.41, 5.74) is 3.88. The summed E-state index contributed by atoms with van der Waals surface area (Å²) < 4.78 is 1.74.